The van der Waals surface area contributed by atoms with Crippen LogP contribution in [0.1, 0.15) is 33.6 Å². The zero-order valence-corrected chi connectivity index (χ0v) is 9.79. The van der Waals surface area contributed by atoms with Gasteiger partial charge in [-0.2, -0.15) is 4.99 Å². The summed E-state index contributed by atoms with van der Waals surface area (Å²) in [4.78, 5) is 14.9. The number of carbonyl (C=O) groups is 1. The third kappa shape index (κ3) is 4.87. The number of hydrogen-bond acceptors (Lipinski definition) is 2. The van der Waals surface area contributed by atoms with Crippen LogP contribution in [-0.2, 0) is 4.74 Å². The summed E-state index contributed by atoms with van der Waals surface area (Å²) in [5.41, 5.74) is 0.286. The van der Waals surface area contributed by atoms with Crippen molar-refractivity contribution in [3.8, 4) is 0 Å². The highest BCUT2D eigenvalue weighted by molar-refractivity contribution is 5.88. The molecule has 4 heteroatoms. The Morgan fingerprint density at radius 3 is 2.62 bits per heavy atom. The Kier molecular flexibility index (Phi) is 3.99. The summed E-state index contributed by atoms with van der Waals surface area (Å²) in [5, 5.41) is 0. The van der Waals surface area contributed by atoms with Crippen molar-refractivity contribution in [1.82, 2.24) is 0 Å². The van der Waals surface area contributed by atoms with E-state index in [0.717, 1.165) is 5.57 Å². The smallest absolute Gasteiger partial charge is 0.434 e. The summed E-state index contributed by atoms with van der Waals surface area (Å²) in [5.74, 6) is -0.144. The summed E-state index contributed by atoms with van der Waals surface area (Å²) in [6.07, 6.45) is 4.74. The van der Waals surface area contributed by atoms with E-state index in [0.29, 0.717) is 12.8 Å². The first kappa shape index (κ1) is 12.6. The maximum absolute atomic E-state index is 12.7. The third-order valence-corrected chi connectivity index (χ3v) is 1.86. The Labute approximate surface area is 94.7 Å². The molecule has 0 aromatic carbocycles. The lowest BCUT2D eigenvalue weighted by Gasteiger charge is -2.17. The average Bonchev–Trinajstić information content (AvgIpc) is 2.14. The highest BCUT2D eigenvalue weighted by Crippen LogP contribution is 2.17. The first-order valence-electron chi connectivity index (χ1n) is 5.19. The van der Waals surface area contributed by atoms with Gasteiger partial charge in [0.05, 0.1) is 0 Å². The molecule has 0 spiro atoms. The quantitative estimate of drug-likeness (QED) is 0.640. The van der Waals surface area contributed by atoms with Gasteiger partial charge in [0.2, 0.25) is 0 Å². The first-order valence-corrected chi connectivity index (χ1v) is 5.19. The molecule has 16 heavy (non-hydrogen) atoms. The van der Waals surface area contributed by atoms with Crippen LogP contribution in [0.3, 0.4) is 0 Å². The largest absolute Gasteiger partial charge is 0.442 e. The molecule has 1 aliphatic carbocycles. The van der Waals surface area contributed by atoms with Crippen LogP contribution in [0.15, 0.2) is 28.5 Å². The second-order valence-electron chi connectivity index (χ2n) is 4.59. The molecule has 0 aromatic heterocycles. The second-order valence-corrected chi connectivity index (χ2v) is 4.59. The van der Waals surface area contributed by atoms with E-state index in [1.54, 1.807) is 26.8 Å². The molecular weight excluding hydrogens is 209 g/mol. The minimum atomic E-state index is -0.622. The molecule has 3 nitrogen and oxygen atoms in total. The summed E-state index contributed by atoms with van der Waals surface area (Å²) >= 11 is 0. The van der Waals surface area contributed by atoms with Crippen molar-refractivity contribution in [2.24, 2.45) is 4.99 Å². The minimum absolute atomic E-state index is 0.144. The molecule has 1 amide bonds. The van der Waals surface area contributed by atoms with E-state index in [-0.39, 0.29) is 5.83 Å². The molecule has 0 unspecified atom stereocenters. The van der Waals surface area contributed by atoms with Crippen molar-refractivity contribution in [3.63, 3.8) is 0 Å². The molecule has 0 fully saturated rings. The lowest BCUT2D eigenvalue weighted by Crippen LogP contribution is -2.21. The number of carbonyl (C=O) groups excluding carboxylic acids is 1. The number of rotatable bonds is 1. The molecule has 0 radical (unpaired) electrons. The van der Waals surface area contributed by atoms with Crippen molar-refractivity contribution in [1.29, 1.82) is 0 Å². The molecular formula is C12H16FNO2. The number of hydrogen-bond donors (Lipinski definition) is 0. The van der Waals surface area contributed by atoms with Crippen molar-refractivity contribution < 1.29 is 13.9 Å². The second kappa shape index (κ2) is 5.05. The predicted octanol–water partition coefficient (Wildman–Crippen LogP) is 3.57. The number of halogens is 1. The normalized spacial score (nSPS) is 17.0. The van der Waals surface area contributed by atoms with Crippen LogP contribution >= 0.6 is 0 Å². The molecule has 0 aromatic rings. The Balaban J connectivity index is 2.52. The summed E-state index contributed by atoms with van der Waals surface area (Å²) < 4.78 is 17.7. The van der Waals surface area contributed by atoms with Gasteiger partial charge in [-0.1, -0.05) is 6.08 Å². The van der Waals surface area contributed by atoms with Gasteiger partial charge in [-0.3, -0.25) is 0 Å². The van der Waals surface area contributed by atoms with Gasteiger partial charge in [0.1, 0.15) is 11.4 Å². The van der Waals surface area contributed by atoms with Gasteiger partial charge in [-0.05, 0) is 38.8 Å². The van der Waals surface area contributed by atoms with Crippen molar-refractivity contribution in [2.45, 2.75) is 39.2 Å². The predicted molar refractivity (Wildman–Crippen MR) is 61.2 cm³/mol. The minimum Gasteiger partial charge on any atom is -0.442 e. The van der Waals surface area contributed by atoms with Gasteiger partial charge in [-0.25, -0.2) is 9.18 Å². The van der Waals surface area contributed by atoms with Crippen LogP contribution in [0.25, 0.3) is 0 Å². The van der Waals surface area contributed by atoms with E-state index in [1.807, 2.05) is 0 Å². The van der Waals surface area contributed by atoms with Gasteiger partial charge < -0.3 is 4.74 Å². The summed E-state index contributed by atoms with van der Waals surface area (Å²) in [6.45, 7) is 5.33. The highest BCUT2D eigenvalue weighted by atomic mass is 19.1. The van der Waals surface area contributed by atoms with Crippen molar-refractivity contribution in [3.05, 3.63) is 23.6 Å². The molecule has 0 bridgehead atoms. The van der Waals surface area contributed by atoms with Crippen molar-refractivity contribution >= 4 is 12.3 Å². The monoisotopic (exact) mass is 225 g/mol. The lowest BCUT2D eigenvalue weighted by atomic mass is 10.1. The van der Waals surface area contributed by atoms with Crippen LogP contribution in [0.2, 0.25) is 0 Å². The molecule has 0 saturated carbocycles. The zero-order valence-electron chi connectivity index (χ0n) is 9.79. The number of nitrogens with zero attached hydrogens (tertiary/aromatic N) is 1. The Morgan fingerprint density at radius 1 is 1.44 bits per heavy atom. The van der Waals surface area contributed by atoms with E-state index in [4.69, 9.17) is 4.74 Å². The van der Waals surface area contributed by atoms with Gasteiger partial charge in [0.25, 0.3) is 0 Å². The van der Waals surface area contributed by atoms with E-state index >= 15 is 0 Å². The first-order chi connectivity index (χ1) is 7.37. The fourth-order valence-corrected chi connectivity index (χ4v) is 1.16. The Bertz CT molecular complexity index is 362. The Morgan fingerprint density at radius 2 is 2.12 bits per heavy atom. The highest BCUT2D eigenvalue weighted by Gasteiger charge is 2.15. The van der Waals surface area contributed by atoms with Gasteiger partial charge in [0.15, 0.2) is 0 Å². The average molecular weight is 225 g/mol. The third-order valence-electron chi connectivity index (χ3n) is 1.86. The van der Waals surface area contributed by atoms with Crippen molar-refractivity contribution in [2.75, 3.05) is 0 Å². The fourth-order valence-electron chi connectivity index (χ4n) is 1.16. The maximum atomic E-state index is 12.7. The number of amides is 1. The zero-order chi connectivity index (χ0) is 12.2. The molecule has 0 aliphatic heterocycles. The molecule has 1 rings (SSSR count). The molecule has 0 saturated heterocycles. The van der Waals surface area contributed by atoms with Crippen LogP contribution < -0.4 is 0 Å². The van der Waals surface area contributed by atoms with E-state index in [1.165, 1.54) is 12.3 Å². The van der Waals surface area contributed by atoms with Gasteiger partial charge in [-0.15, -0.1) is 0 Å². The fraction of sp³-hybridized carbons (Fsp3) is 0.500. The summed E-state index contributed by atoms with van der Waals surface area (Å²) in [7, 11) is 0. The van der Waals surface area contributed by atoms with E-state index in [9.17, 15) is 9.18 Å². The molecule has 0 heterocycles. The number of aliphatic imine (C=N–C) groups is 1. The Hall–Kier alpha value is -1.45. The summed E-state index contributed by atoms with van der Waals surface area (Å²) in [6, 6.07) is 0. The molecule has 0 N–H and O–H groups in total. The van der Waals surface area contributed by atoms with Crippen LogP contribution in [-0.4, -0.2) is 17.9 Å². The molecule has 1 aliphatic rings. The van der Waals surface area contributed by atoms with Gasteiger partial charge >= 0.3 is 6.09 Å². The lowest BCUT2D eigenvalue weighted by molar-refractivity contribution is 0.0605. The van der Waals surface area contributed by atoms with Crippen LogP contribution in [0, 0.1) is 0 Å². The topological polar surface area (TPSA) is 38.7 Å². The van der Waals surface area contributed by atoms with Crippen LogP contribution in [0.4, 0.5) is 9.18 Å². The number of ether oxygens (including phenoxy) is 1. The van der Waals surface area contributed by atoms with Gasteiger partial charge in [0, 0.05) is 12.6 Å². The number of allylic oxidation sites excluding steroid dienone is 4. The maximum Gasteiger partial charge on any atom is 0.434 e. The standard InChI is InChI=1S/C12H16FNO2/c1-12(2,3)16-11(15)14-8-9-4-6-10(13)7-5-9/h4,6,8H,5,7H2,1-3H3. The molecule has 0 atom stereocenters. The SMILES string of the molecule is CC(C)(C)OC(=O)N=CC1=CC=C(F)CC1. The van der Waals surface area contributed by atoms with E-state index in [2.05, 4.69) is 4.99 Å². The van der Waals surface area contributed by atoms with E-state index < -0.39 is 11.7 Å². The molecule has 88 valence electrons. The van der Waals surface area contributed by atoms with Crippen LogP contribution in [0.5, 0.6) is 0 Å².